The molecule has 0 bridgehead atoms. The van der Waals surface area contributed by atoms with Gasteiger partial charge < -0.3 is 11.1 Å². The van der Waals surface area contributed by atoms with Gasteiger partial charge in [-0.2, -0.15) is 0 Å². The summed E-state index contributed by atoms with van der Waals surface area (Å²) >= 11 is 0. The van der Waals surface area contributed by atoms with Crippen LogP contribution in [0.25, 0.3) is 0 Å². The molecule has 0 aromatic heterocycles. The van der Waals surface area contributed by atoms with Gasteiger partial charge in [0.05, 0.1) is 5.54 Å². The maximum atomic E-state index is 12.9. The molecule has 0 unspecified atom stereocenters. The quantitative estimate of drug-likeness (QED) is 0.832. The Labute approximate surface area is 98.0 Å². The number of hydrogen-bond donors (Lipinski definition) is 2. The minimum atomic E-state index is -0.986. The molecule has 1 aliphatic carbocycles. The van der Waals surface area contributed by atoms with E-state index in [9.17, 15) is 13.6 Å². The lowest BCUT2D eigenvalue weighted by molar-refractivity contribution is -0.121. The Morgan fingerprint density at radius 1 is 1.24 bits per heavy atom. The van der Waals surface area contributed by atoms with Crippen molar-refractivity contribution < 1.29 is 13.6 Å². The van der Waals surface area contributed by atoms with Crippen LogP contribution in [0.5, 0.6) is 0 Å². The molecule has 0 aliphatic heterocycles. The number of nitrogens with two attached hydrogens (primary N) is 1. The molecule has 17 heavy (non-hydrogen) atoms. The number of halogens is 2. The summed E-state index contributed by atoms with van der Waals surface area (Å²) in [5.74, 6) is -2.26. The van der Waals surface area contributed by atoms with Gasteiger partial charge in [-0.1, -0.05) is 12.8 Å². The minimum Gasteiger partial charge on any atom is -0.324 e. The van der Waals surface area contributed by atoms with Crippen LogP contribution in [0.15, 0.2) is 18.2 Å². The fourth-order valence-electron chi connectivity index (χ4n) is 2.06. The third-order valence-corrected chi connectivity index (χ3v) is 3.13. The zero-order valence-corrected chi connectivity index (χ0v) is 9.30. The fraction of sp³-hybridized carbons (Fsp3) is 0.417. The second kappa shape index (κ2) is 4.41. The van der Waals surface area contributed by atoms with E-state index in [1.165, 1.54) is 6.07 Å². The Hall–Kier alpha value is -1.49. The van der Waals surface area contributed by atoms with E-state index >= 15 is 0 Å². The van der Waals surface area contributed by atoms with Gasteiger partial charge >= 0.3 is 0 Å². The Balaban J connectivity index is 2.10. The highest BCUT2D eigenvalue weighted by Gasteiger charge is 2.36. The number of anilines is 1. The number of carbonyl (C=O) groups is 1. The smallest absolute Gasteiger partial charge is 0.244 e. The number of amides is 1. The fourth-order valence-corrected chi connectivity index (χ4v) is 2.06. The van der Waals surface area contributed by atoms with Crippen molar-refractivity contribution in [3.05, 3.63) is 29.8 Å². The zero-order valence-electron chi connectivity index (χ0n) is 9.30. The maximum absolute atomic E-state index is 12.9. The minimum absolute atomic E-state index is 0.227. The van der Waals surface area contributed by atoms with E-state index in [0.29, 0.717) is 12.8 Å². The lowest BCUT2D eigenvalue weighted by atomic mass is 9.98. The van der Waals surface area contributed by atoms with Crippen LogP contribution in [0.3, 0.4) is 0 Å². The highest BCUT2D eigenvalue weighted by atomic mass is 19.2. The number of rotatable bonds is 2. The molecule has 1 saturated carbocycles. The molecule has 1 aliphatic rings. The van der Waals surface area contributed by atoms with Gasteiger partial charge in [-0.3, -0.25) is 4.79 Å². The molecule has 5 heteroatoms. The van der Waals surface area contributed by atoms with Crippen LogP contribution in [0.2, 0.25) is 0 Å². The van der Waals surface area contributed by atoms with Crippen molar-refractivity contribution in [2.24, 2.45) is 5.73 Å². The average Bonchev–Trinajstić information content (AvgIpc) is 2.72. The highest BCUT2D eigenvalue weighted by molar-refractivity contribution is 5.98. The lowest BCUT2D eigenvalue weighted by Gasteiger charge is -2.22. The Kier molecular flexibility index (Phi) is 3.11. The van der Waals surface area contributed by atoms with Gasteiger partial charge in [0.1, 0.15) is 0 Å². The molecule has 0 atom stereocenters. The summed E-state index contributed by atoms with van der Waals surface area (Å²) in [5.41, 5.74) is 5.30. The van der Waals surface area contributed by atoms with Crippen LogP contribution in [0.4, 0.5) is 14.5 Å². The molecule has 3 N–H and O–H groups in total. The number of nitrogens with one attached hydrogen (secondary N) is 1. The lowest BCUT2D eigenvalue weighted by Crippen LogP contribution is -2.48. The Morgan fingerprint density at radius 3 is 2.47 bits per heavy atom. The first-order valence-corrected chi connectivity index (χ1v) is 5.57. The van der Waals surface area contributed by atoms with Gasteiger partial charge in [0.2, 0.25) is 5.91 Å². The summed E-state index contributed by atoms with van der Waals surface area (Å²) in [6.07, 6.45) is 3.09. The molecule has 1 aromatic carbocycles. The molecular weight excluding hydrogens is 226 g/mol. The maximum Gasteiger partial charge on any atom is 0.244 e. The van der Waals surface area contributed by atoms with E-state index in [-0.39, 0.29) is 11.6 Å². The van der Waals surface area contributed by atoms with E-state index < -0.39 is 17.2 Å². The molecule has 0 radical (unpaired) electrons. The number of hydrogen-bond acceptors (Lipinski definition) is 2. The largest absolute Gasteiger partial charge is 0.324 e. The second-order valence-corrected chi connectivity index (χ2v) is 4.45. The van der Waals surface area contributed by atoms with Crippen molar-refractivity contribution in [3.8, 4) is 0 Å². The van der Waals surface area contributed by atoms with Crippen LogP contribution in [-0.4, -0.2) is 11.4 Å². The van der Waals surface area contributed by atoms with Crippen molar-refractivity contribution in [3.63, 3.8) is 0 Å². The molecule has 1 amide bonds. The van der Waals surface area contributed by atoms with Crippen molar-refractivity contribution in [2.45, 2.75) is 31.2 Å². The van der Waals surface area contributed by atoms with E-state index in [1.54, 1.807) is 0 Å². The van der Waals surface area contributed by atoms with Crippen molar-refractivity contribution in [2.75, 3.05) is 5.32 Å². The summed E-state index contributed by atoms with van der Waals surface area (Å²) in [5, 5.41) is 2.52. The monoisotopic (exact) mass is 240 g/mol. The first-order valence-electron chi connectivity index (χ1n) is 5.57. The molecule has 0 saturated heterocycles. The predicted molar refractivity (Wildman–Crippen MR) is 60.4 cm³/mol. The summed E-state index contributed by atoms with van der Waals surface area (Å²) in [6, 6.07) is 3.24. The molecule has 1 fully saturated rings. The van der Waals surface area contributed by atoms with Crippen LogP contribution in [0, 0.1) is 11.6 Å². The molecule has 92 valence electrons. The first-order chi connectivity index (χ1) is 8.01. The van der Waals surface area contributed by atoms with Gasteiger partial charge in [-0.05, 0) is 25.0 Å². The van der Waals surface area contributed by atoms with Crippen molar-refractivity contribution in [1.82, 2.24) is 0 Å². The molecule has 1 aromatic rings. The summed E-state index contributed by atoms with van der Waals surface area (Å²) in [7, 11) is 0. The highest BCUT2D eigenvalue weighted by Crippen LogP contribution is 2.28. The van der Waals surface area contributed by atoms with Crippen molar-refractivity contribution >= 4 is 11.6 Å². The average molecular weight is 240 g/mol. The topological polar surface area (TPSA) is 55.1 Å². The van der Waals surface area contributed by atoms with Crippen LogP contribution in [0.1, 0.15) is 25.7 Å². The summed E-state index contributed by atoms with van der Waals surface area (Å²) in [4.78, 5) is 11.9. The molecule has 0 heterocycles. The third-order valence-electron chi connectivity index (χ3n) is 3.13. The van der Waals surface area contributed by atoms with Gasteiger partial charge in [0.25, 0.3) is 0 Å². The summed E-state index contributed by atoms with van der Waals surface area (Å²) < 4.78 is 25.6. The van der Waals surface area contributed by atoms with Gasteiger partial charge in [-0.15, -0.1) is 0 Å². The van der Waals surface area contributed by atoms with E-state index in [1.807, 2.05) is 0 Å². The third kappa shape index (κ3) is 2.44. The molecule has 0 spiro atoms. The number of carbonyl (C=O) groups excluding carboxylic acids is 1. The standard InChI is InChI=1S/C12H14F2N2O/c13-9-4-3-8(7-10(9)14)16-11(17)12(15)5-1-2-6-12/h3-4,7H,1-2,5-6,15H2,(H,16,17). The van der Waals surface area contributed by atoms with E-state index in [2.05, 4.69) is 5.32 Å². The molecular formula is C12H14F2N2O. The van der Waals surface area contributed by atoms with E-state index in [0.717, 1.165) is 25.0 Å². The van der Waals surface area contributed by atoms with Crippen LogP contribution in [-0.2, 0) is 4.79 Å². The van der Waals surface area contributed by atoms with Gasteiger partial charge in [0, 0.05) is 11.8 Å². The zero-order chi connectivity index (χ0) is 12.5. The molecule has 2 rings (SSSR count). The normalized spacial score (nSPS) is 18.1. The van der Waals surface area contributed by atoms with E-state index in [4.69, 9.17) is 5.73 Å². The molecule has 3 nitrogen and oxygen atoms in total. The second-order valence-electron chi connectivity index (χ2n) is 4.45. The Morgan fingerprint density at radius 2 is 1.88 bits per heavy atom. The van der Waals surface area contributed by atoms with Crippen molar-refractivity contribution in [1.29, 1.82) is 0 Å². The van der Waals surface area contributed by atoms with Gasteiger partial charge in [0.15, 0.2) is 11.6 Å². The van der Waals surface area contributed by atoms with Crippen LogP contribution < -0.4 is 11.1 Å². The predicted octanol–water partition coefficient (Wildman–Crippen LogP) is 2.17. The Bertz CT molecular complexity index is 442. The SMILES string of the molecule is NC1(C(=O)Nc2ccc(F)c(F)c2)CCCC1. The van der Waals surface area contributed by atoms with Gasteiger partial charge in [-0.25, -0.2) is 8.78 Å². The summed E-state index contributed by atoms with van der Waals surface area (Å²) in [6.45, 7) is 0. The number of benzene rings is 1. The first kappa shape index (κ1) is 12.0. The van der Waals surface area contributed by atoms with Crippen LogP contribution >= 0.6 is 0 Å².